The Balaban J connectivity index is 2.06. The minimum absolute atomic E-state index is 0.00426. The summed E-state index contributed by atoms with van der Waals surface area (Å²) < 4.78 is 0. The van der Waals surface area contributed by atoms with Crippen LogP contribution in [0.3, 0.4) is 0 Å². The van der Waals surface area contributed by atoms with E-state index >= 15 is 0 Å². The maximum absolute atomic E-state index is 11.0. The average Bonchev–Trinajstić information content (AvgIpc) is 2.46. The van der Waals surface area contributed by atoms with E-state index in [1.807, 2.05) is 6.54 Å². The van der Waals surface area contributed by atoms with Gasteiger partial charge in [-0.15, -0.1) is 6.58 Å². The molecule has 0 unspecified atom stereocenters. The van der Waals surface area contributed by atoms with E-state index < -0.39 is 0 Å². The number of carbonyl (C=O) groups excluding carboxylic acids is 1. The van der Waals surface area contributed by atoms with Gasteiger partial charge in [0.25, 0.3) is 0 Å². The van der Waals surface area contributed by atoms with Gasteiger partial charge < -0.3 is 15.5 Å². The highest BCUT2D eigenvalue weighted by molar-refractivity contribution is 5.77. The first-order chi connectivity index (χ1) is 5.84. The molecule has 1 aliphatic rings. The Morgan fingerprint density at radius 1 is 1.83 bits per heavy atom. The summed E-state index contributed by atoms with van der Waals surface area (Å²) in [4.78, 5) is 12.7. The number of urea groups is 1. The first kappa shape index (κ1) is 9.06. The summed E-state index contributed by atoms with van der Waals surface area (Å²) in [6, 6.07) is -0.00426. The number of nitrogens with zero attached hydrogens (tertiary/aromatic N) is 1. The quantitative estimate of drug-likeness (QED) is 0.446. The lowest BCUT2D eigenvalue weighted by atomic mass is 10.5. The number of amides is 2. The normalized spacial score (nSPS) is 16.3. The molecule has 0 saturated carbocycles. The zero-order valence-electron chi connectivity index (χ0n) is 7.05. The molecule has 0 spiro atoms. The topological polar surface area (TPSA) is 44.4 Å². The number of carbonyl (C=O) groups is 1. The third kappa shape index (κ3) is 2.54. The summed E-state index contributed by atoms with van der Waals surface area (Å²) in [5, 5.41) is 5.82. The van der Waals surface area contributed by atoms with E-state index in [1.165, 1.54) is 0 Å². The molecule has 0 atom stereocenters. The summed E-state index contributed by atoms with van der Waals surface area (Å²) in [6.07, 6.45) is 1.80. The summed E-state index contributed by atoms with van der Waals surface area (Å²) in [5.41, 5.74) is 0. The first-order valence-electron chi connectivity index (χ1n) is 4.04. The standard InChI is InChI=1S/C8H14N3O/c1-2-3-9-4-6-11-7-5-10-8(11)12/h2,7,9H,1,3-6H2,(H,10,12). The Bertz CT molecular complexity index is 170. The summed E-state index contributed by atoms with van der Waals surface area (Å²) in [7, 11) is 0. The molecule has 1 aliphatic heterocycles. The van der Waals surface area contributed by atoms with Crippen LogP contribution in [0.15, 0.2) is 12.7 Å². The maximum atomic E-state index is 11.0. The second-order valence-corrected chi connectivity index (χ2v) is 2.55. The van der Waals surface area contributed by atoms with Gasteiger partial charge in [0.05, 0.1) is 6.54 Å². The number of rotatable bonds is 5. The van der Waals surface area contributed by atoms with Gasteiger partial charge in [-0.25, -0.2) is 4.79 Å². The van der Waals surface area contributed by atoms with Gasteiger partial charge in [0.2, 0.25) is 0 Å². The van der Waals surface area contributed by atoms with Gasteiger partial charge in [0.1, 0.15) is 0 Å². The van der Waals surface area contributed by atoms with Crippen LogP contribution in [0, 0.1) is 6.54 Å². The fraction of sp³-hybridized carbons (Fsp3) is 0.500. The molecule has 0 aliphatic carbocycles. The second kappa shape index (κ2) is 4.77. The molecule has 12 heavy (non-hydrogen) atoms. The van der Waals surface area contributed by atoms with Crippen LogP contribution in [0.2, 0.25) is 0 Å². The Kier molecular flexibility index (Phi) is 3.60. The average molecular weight is 168 g/mol. The van der Waals surface area contributed by atoms with Crippen molar-refractivity contribution in [1.29, 1.82) is 0 Å². The van der Waals surface area contributed by atoms with Crippen molar-refractivity contribution in [3.05, 3.63) is 19.2 Å². The van der Waals surface area contributed by atoms with E-state index in [0.29, 0.717) is 6.54 Å². The van der Waals surface area contributed by atoms with E-state index in [0.717, 1.165) is 19.6 Å². The molecule has 0 aromatic rings. The lowest BCUT2D eigenvalue weighted by Gasteiger charge is -2.12. The molecular formula is C8H14N3O. The largest absolute Gasteiger partial charge is 0.336 e. The van der Waals surface area contributed by atoms with E-state index in [4.69, 9.17) is 0 Å². The molecule has 4 nitrogen and oxygen atoms in total. The molecule has 1 rings (SSSR count). The highest BCUT2D eigenvalue weighted by atomic mass is 16.2. The fourth-order valence-corrected chi connectivity index (χ4v) is 1.02. The summed E-state index contributed by atoms with van der Waals surface area (Å²) in [5.74, 6) is 0. The highest BCUT2D eigenvalue weighted by Crippen LogP contribution is 1.98. The van der Waals surface area contributed by atoms with Gasteiger partial charge in [-0.1, -0.05) is 6.08 Å². The Hall–Kier alpha value is -1.03. The van der Waals surface area contributed by atoms with Crippen molar-refractivity contribution in [3.63, 3.8) is 0 Å². The minimum Gasteiger partial charge on any atom is -0.336 e. The smallest absolute Gasteiger partial charge is 0.317 e. The van der Waals surface area contributed by atoms with Crippen LogP contribution >= 0.6 is 0 Å². The molecule has 0 aromatic heterocycles. The zero-order chi connectivity index (χ0) is 8.81. The molecule has 0 bridgehead atoms. The van der Waals surface area contributed by atoms with Crippen molar-refractivity contribution in [1.82, 2.24) is 15.5 Å². The molecule has 2 amide bonds. The summed E-state index contributed by atoms with van der Waals surface area (Å²) >= 11 is 0. The van der Waals surface area contributed by atoms with Crippen LogP contribution in [0.25, 0.3) is 0 Å². The Morgan fingerprint density at radius 3 is 3.25 bits per heavy atom. The molecular weight excluding hydrogens is 154 g/mol. The van der Waals surface area contributed by atoms with E-state index in [1.54, 1.807) is 11.0 Å². The van der Waals surface area contributed by atoms with E-state index in [-0.39, 0.29) is 6.03 Å². The van der Waals surface area contributed by atoms with Crippen LogP contribution in [-0.4, -0.2) is 37.1 Å². The zero-order valence-corrected chi connectivity index (χ0v) is 7.05. The summed E-state index contributed by atoms with van der Waals surface area (Å²) in [6.45, 7) is 8.40. The maximum Gasteiger partial charge on any atom is 0.317 e. The molecule has 1 saturated heterocycles. The van der Waals surface area contributed by atoms with Crippen molar-refractivity contribution >= 4 is 6.03 Å². The first-order valence-corrected chi connectivity index (χ1v) is 4.04. The van der Waals surface area contributed by atoms with Gasteiger partial charge in [0, 0.05) is 26.2 Å². The molecule has 0 aromatic carbocycles. The lowest BCUT2D eigenvalue weighted by molar-refractivity contribution is 0.222. The van der Waals surface area contributed by atoms with Gasteiger partial charge in [-0.2, -0.15) is 0 Å². The fourth-order valence-electron chi connectivity index (χ4n) is 1.02. The molecule has 2 N–H and O–H groups in total. The SMILES string of the molecule is C=CCNCCN1[CH]CNC1=O. The van der Waals surface area contributed by atoms with Crippen LogP contribution < -0.4 is 10.6 Å². The lowest BCUT2D eigenvalue weighted by Crippen LogP contribution is -2.33. The molecule has 4 heteroatoms. The Morgan fingerprint density at radius 2 is 2.67 bits per heavy atom. The monoisotopic (exact) mass is 168 g/mol. The van der Waals surface area contributed by atoms with Crippen molar-refractivity contribution in [2.45, 2.75) is 0 Å². The Labute approximate surface area is 72.6 Å². The van der Waals surface area contributed by atoms with Crippen molar-refractivity contribution in [2.24, 2.45) is 0 Å². The third-order valence-corrected chi connectivity index (χ3v) is 1.64. The van der Waals surface area contributed by atoms with Gasteiger partial charge in [0.15, 0.2) is 0 Å². The highest BCUT2D eigenvalue weighted by Gasteiger charge is 2.18. The van der Waals surface area contributed by atoms with Crippen LogP contribution in [0.5, 0.6) is 0 Å². The number of hydrogen-bond donors (Lipinski definition) is 2. The van der Waals surface area contributed by atoms with Gasteiger partial charge in [-0.05, 0) is 0 Å². The van der Waals surface area contributed by atoms with Crippen molar-refractivity contribution < 1.29 is 4.79 Å². The number of hydrogen-bond acceptors (Lipinski definition) is 2. The predicted octanol–water partition coefficient (Wildman–Crippen LogP) is -0.0510. The second-order valence-electron chi connectivity index (χ2n) is 2.55. The van der Waals surface area contributed by atoms with Crippen molar-refractivity contribution in [2.75, 3.05) is 26.2 Å². The molecule has 1 radical (unpaired) electrons. The minimum atomic E-state index is -0.00426. The van der Waals surface area contributed by atoms with Crippen LogP contribution in [0.4, 0.5) is 4.79 Å². The predicted molar refractivity (Wildman–Crippen MR) is 47.5 cm³/mol. The third-order valence-electron chi connectivity index (χ3n) is 1.64. The molecule has 1 fully saturated rings. The van der Waals surface area contributed by atoms with E-state index in [2.05, 4.69) is 17.2 Å². The van der Waals surface area contributed by atoms with Gasteiger partial charge >= 0.3 is 6.03 Å². The van der Waals surface area contributed by atoms with Crippen molar-refractivity contribution in [3.8, 4) is 0 Å². The van der Waals surface area contributed by atoms with Gasteiger partial charge in [-0.3, -0.25) is 0 Å². The van der Waals surface area contributed by atoms with Crippen LogP contribution in [0.1, 0.15) is 0 Å². The van der Waals surface area contributed by atoms with E-state index in [9.17, 15) is 4.79 Å². The molecule has 1 heterocycles. The number of nitrogens with one attached hydrogen (secondary N) is 2. The molecule has 67 valence electrons. The van der Waals surface area contributed by atoms with Crippen LogP contribution in [-0.2, 0) is 0 Å².